The highest BCUT2D eigenvalue weighted by atomic mass is 35.5. The van der Waals surface area contributed by atoms with Gasteiger partial charge in [-0.2, -0.15) is 0 Å². The Labute approximate surface area is 128 Å². The average Bonchev–Trinajstić information content (AvgIpc) is 3.00. The molecule has 1 aromatic carbocycles. The standard InChI is InChI=1S/C15H17ClN4O/c1-11-3-2-6-19(8-11)15(21)13-5-4-12(7-14(13)16)20-9-17-18-10-20/h4-5,7,9-11H,2-3,6,8H2,1H3. The van der Waals surface area contributed by atoms with Crippen LogP contribution >= 0.6 is 11.6 Å². The Hall–Kier alpha value is -1.88. The van der Waals surface area contributed by atoms with Crippen molar-refractivity contribution in [3.63, 3.8) is 0 Å². The first kappa shape index (κ1) is 14.1. The van der Waals surface area contributed by atoms with Crippen molar-refractivity contribution in [3.8, 4) is 5.69 Å². The van der Waals surface area contributed by atoms with Crippen LogP contribution in [-0.4, -0.2) is 38.7 Å². The van der Waals surface area contributed by atoms with E-state index >= 15 is 0 Å². The van der Waals surface area contributed by atoms with E-state index in [1.807, 2.05) is 11.0 Å². The van der Waals surface area contributed by atoms with Gasteiger partial charge < -0.3 is 4.90 Å². The van der Waals surface area contributed by atoms with E-state index in [4.69, 9.17) is 11.6 Å². The van der Waals surface area contributed by atoms with E-state index in [-0.39, 0.29) is 5.91 Å². The van der Waals surface area contributed by atoms with Crippen molar-refractivity contribution in [1.29, 1.82) is 0 Å². The molecule has 1 unspecified atom stereocenters. The number of hydrogen-bond donors (Lipinski definition) is 0. The van der Waals surface area contributed by atoms with Crippen LogP contribution < -0.4 is 0 Å². The molecule has 1 aromatic heterocycles. The second-order valence-electron chi connectivity index (χ2n) is 5.53. The first-order valence-electron chi connectivity index (χ1n) is 7.09. The maximum absolute atomic E-state index is 12.6. The minimum atomic E-state index is 0.0156. The minimum absolute atomic E-state index is 0.0156. The Morgan fingerprint density at radius 3 is 2.76 bits per heavy atom. The summed E-state index contributed by atoms with van der Waals surface area (Å²) in [4.78, 5) is 14.5. The number of halogens is 1. The van der Waals surface area contributed by atoms with Crippen molar-refractivity contribution in [2.45, 2.75) is 19.8 Å². The van der Waals surface area contributed by atoms with Crippen molar-refractivity contribution in [2.75, 3.05) is 13.1 Å². The molecule has 0 radical (unpaired) electrons. The molecule has 0 N–H and O–H groups in total. The van der Waals surface area contributed by atoms with Gasteiger partial charge in [-0.1, -0.05) is 18.5 Å². The molecule has 6 heteroatoms. The van der Waals surface area contributed by atoms with Gasteiger partial charge in [-0.05, 0) is 37.0 Å². The number of piperidine rings is 1. The van der Waals surface area contributed by atoms with Gasteiger partial charge in [0.25, 0.3) is 5.91 Å². The zero-order chi connectivity index (χ0) is 14.8. The van der Waals surface area contributed by atoms with E-state index in [0.29, 0.717) is 16.5 Å². The lowest BCUT2D eigenvalue weighted by Gasteiger charge is -2.31. The monoisotopic (exact) mass is 304 g/mol. The minimum Gasteiger partial charge on any atom is -0.338 e. The highest BCUT2D eigenvalue weighted by Gasteiger charge is 2.23. The van der Waals surface area contributed by atoms with Gasteiger partial charge in [0.15, 0.2) is 0 Å². The highest BCUT2D eigenvalue weighted by Crippen LogP contribution is 2.24. The Balaban J connectivity index is 1.84. The average molecular weight is 305 g/mol. The fourth-order valence-electron chi connectivity index (χ4n) is 2.72. The predicted molar refractivity (Wildman–Crippen MR) is 80.7 cm³/mol. The zero-order valence-electron chi connectivity index (χ0n) is 11.9. The van der Waals surface area contributed by atoms with Crippen molar-refractivity contribution >= 4 is 17.5 Å². The van der Waals surface area contributed by atoms with Crippen molar-refractivity contribution < 1.29 is 4.79 Å². The van der Waals surface area contributed by atoms with Gasteiger partial charge in [-0.25, -0.2) is 0 Å². The molecular formula is C15H17ClN4O. The van der Waals surface area contributed by atoms with Crippen LogP contribution in [0.4, 0.5) is 0 Å². The van der Waals surface area contributed by atoms with Gasteiger partial charge in [-0.15, -0.1) is 10.2 Å². The molecule has 1 atom stereocenters. The molecular weight excluding hydrogens is 288 g/mol. The quantitative estimate of drug-likeness (QED) is 0.857. The smallest absolute Gasteiger partial charge is 0.255 e. The van der Waals surface area contributed by atoms with Crippen LogP contribution in [0, 0.1) is 5.92 Å². The summed E-state index contributed by atoms with van der Waals surface area (Å²) in [5.74, 6) is 0.569. The van der Waals surface area contributed by atoms with Gasteiger partial charge >= 0.3 is 0 Å². The van der Waals surface area contributed by atoms with Crippen molar-refractivity contribution in [1.82, 2.24) is 19.7 Å². The van der Waals surface area contributed by atoms with Gasteiger partial charge in [0.1, 0.15) is 12.7 Å². The van der Waals surface area contributed by atoms with Crippen LogP contribution in [0.1, 0.15) is 30.1 Å². The second kappa shape index (κ2) is 5.85. The largest absolute Gasteiger partial charge is 0.338 e. The first-order chi connectivity index (χ1) is 10.1. The molecule has 1 aliphatic rings. The number of amides is 1. The number of rotatable bonds is 2. The topological polar surface area (TPSA) is 51.0 Å². The van der Waals surface area contributed by atoms with E-state index in [2.05, 4.69) is 17.1 Å². The Morgan fingerprint density at radius 1 is 1.33 bits per heavy atom. The van der Waals surface area contributed by atoms with E-state index < -0.39 is 0 Å². The molecule has 21 heavy (non-hydrogen) atoms. The third-order valence-electron chi connectivity index (χ3n) is 3.84. The summed E-state index contributed by atoms with van der Waals surface area (Å²) in [6.07, 6.45) is 5.44. The lowest BCUT2D eigenvalue weighted by Crippen LogP contribution is -2.39. The molecule has 0 spiro atoms. The molecule has 1 amide bonds. The normalized spacial score (nSPS) is 18.8. The lowest BCUT2D eigenvalue weighted by atomic mass is 9.99. The van der Waals surface area contributed by atoms with Crippen LogP contribution in [0.2, 0.25) is 5.02 Å². The third kappa shape index (κ3) is 2.93. The van der Waals surface area contributed by atoms with Gasteiger partial charge in [0.05, 0.1) is 10.6 Å². The third-order valence-corrected chi connectivity index (χ3v) is 4.16. The summed E-state index contributed by atoms with van der Waals surface area (Å²) in [5.41, 5.74) is 1.40. The molecule has 5 nitrogen and oxygen atoms in total. The number of benzene rings is 1. The van der Waals surface area contributed by atoms with Crippen LogP contribution in [0.15, 0.2) is 30.9 Å². The summed E-state index contributed by atoms with van der Waals surface area (Å²) in [6, 6.07) is 5.40. The SMILES string of the molecule is CC1CCCN(C(=O)c2ccc(-n3cnnc3)cc2Cl)C1. The van der Waals surface area contributed by atoms with Gasteiger partial charge in [0.2, 0.25) is 0 Å². The Kier molecular flexibility index (Phi) is 3.92. The summed E-state index contributed by atoms with van der Waals surface area (Å²) < 4.78 is 1.75. The van der Waals surface area contributed by atoms with Gasteiger partial charge in [0, 0.05) is 18.8 Å². The fourth-order valence-corrected chi connectivity index (χ4v) is 2.97. The van der Waals surface area contributed by atoms with Crippen LogP contribution in [0.25, 0.3) is 5.69 Å². The number of aromatic nitrogens is 3. The number of hydrogen-bond acceptors (Lipinski definition) is 3. The molecule has 1 aliphatic heterocycles. The van der Waals surface area contributed by atoms with E-state index in [0.717, 1.165) is 25.2 Å². The predicted octanol–water partition coefficient (Wildman–Crippen LogP) is 2.79. The fraction of sp³-hybridized carbons (Fsp3) is 0.400. The number of likely N-dealkylation sites (tertiary alicyclic amines) is 1. The van der Waals surface area contributed by atoms with E-state index in [1.54, 1.807) is 29.4 Å². The summed E-state index contributed by atoms with van der Waals surface area (Å²) >= 11 is 6.30. The second-order valence-corrected chi connectivity index (χ2v) is 5.94. The first-order valence-corrected chi connectivity index (χ1v) is 7.47. The molecule has 2 aromatic rings. The number of carbonyl (C=O) groups is 1. The van der Waals surface area contributed by atoms with Crippen LogP contribution in [0.5, 0.6) is 0 Å². The molecule has 0 bridgehead atoms. The summed E-state index contributed by atoms with van der Waals surface area (Å²) in [5, 5.41) is 7.99. The van der Waals surface area contributed by atoms with Crippen LogP contribution in [0.3, 0.4) is 0 Å². The summed E-state index contributed by atoms with van der Waals surface area (Å²) in [6.45, 7) is 3.80. The van der Waals surface area contributed by atoms with Crippen molar-refractivity contribution in [2.24, 2.45) is 5.92 Å². The molecule has 1 saturated heterocycles. The number of carbonyl (C=O) groups excluding carboxylic acids is 1. The summed E-state index contributed by atoms with van der Waals surface area (Å²) in [7, 11) is 0. The van der Waals surface area contributed by atoms with E-state index in [1.165, 1.54) is 6.42 Å². The zero-order valence-corrected chi connectivity index (χ0v) is 12.6. The Bertz CT molecular complexity index is 641. The lowest BCUT2D eigenvalue weighted by molar-refractivity contribution is 0.0683. The van der Waals surface area contributed by atoms with Crippen molar-refractivity contribution in [3.05, 3.63) is 41.4 Å². The Morgan fingerprint density at radius 2 is 2.10 bits per heavy atom. The molecule has 3 rings (SSSR count). The molecule has 0 aliphatic carbocycles. The van der Waals surface area contributed by atoms with Gasteiger partial charge in [-0.3, -0.25) is 9.36 Å². The molecule has 2 heterocycles. The molecule has 1 fully saturated rings. The molecule has 0 saturated carbocycles. The highest BCUT2D eigenvalue weighted by molar-refractivity contribution is 6.34. The maximum atomic E-state index is 12.6. The van der Waals surface area contributed by atoms with Crippen LogP contribution in [-0.2, 0) is 0 Å². The van der Waals surface area contributed by atoms with E-state index in [9.17, 15) is 4.79 Å². The number of nitrogens with zero attached hydrogens (tertiary/aromatic N) is 4. The molecule has 110 valence electrons. The maximum Gasteiger partial charge on any atom is 0.255 e.